The molecule has 6 heteroatoms. The smallest absolute Gasteiger partial charge is 0.185 e. The van der Waals surface area contributed by atoms with E-state index in [1.165, 1.54) is 0 Å². The zero-order chi connectivity index (χ0) is 16.3. The van der Waals surface area contributed by atoms with Crippen LogP contribution in [0, 0.1) is 17.7 Å². The van der Waals surface area contributed by atoms with Crippen LogP contribution in [0.5, 0.6) is 0 Å². The van der Waals surface area contributed by atoms with Gasteiger partial charge < -0.3 is 20.2 Å². The molecule has 0 bridgehead atoms. The summed E-state index contributed by atoms with van der Waals surface area (Å²) in [6.45, 7) is 5.24. The van der Waals surface area contributed by atoms with Crippen LogP contribution in [-0.2, 0) is 10.3 Å². The van der Waals surface area contributed by atoms with Crippen LogP contribution >= 0.6 is 11.3 Å². The number of nitrogens with zero attached hydrogens (tertiary/aromatic N) is 2. The Morgan fingerprint density at radius 2 is 2.17 bits per heavy atom. The largest absolute Gasteiger partial charge is 0.384 e. The highest BCUT2D eigenvalue weighted by molar-refractivity contribution is 7.15. The second-order valence-corrected chi connectivity index (χ2v) is 7.56. The van der Waals surface area contributed by atoms with Crippen molar-refractivity contribution in [1.82, 2.24) is 4.98 Å². The number of anilines is 1. The van der Waals surface area contributed by atoms with Gasteiger partial charge in [0.05, 0.1) is 18.1 Å². The maximum atomic E-state index is 11.0. The normalized spacial score (nSPS) is 28.8. The van der Waals surface area contributed by atoms with E-state index in [0.717, 1.165) is 74.1 Å². The lowest BCUT2D eigenvalue weighted by atomic mass is 9.76. The van der Waals surface area contributed by atoms with Gasteiger partial charge in [0.1, 0.15) is 5.60 Å². The zero-order valence-corrected chi connectivity index (χ0v) is 14.6. The Kier molecular flexibility index (Phi) is 5.34. The van der Waals surface area contributed by atoms with E-state index in [2.05, 4.69) is 9.88 Å². The highest BCUT2D eigenvalue weighted by Crippen LogP contribution is 2.43. The number of morpholine rings is 1. The third-order valence-electron chi connectivity index (χ3n) is 4.96. The van der Waals surface area contributed by atoms with Gasteiger partial charge in [0.2, 0.25) is 0 Å². The first-order valence-corrected chi connectivity index (χ1v) is 9.30. The Labute approximate surface area is 142 Å². The lowest BCUT2D eigenvalue weighted by molar-refractivity contribution is -0.00393. The molecule has 1 saturated heterocycles. The Bertz CT molecular complexity index is 532. The molecular weight excluding hydrogens is 310 g/mol. The molecule has 0 aromatic carbocycles. The second kappa shape index (κ2) is 7.28. The van der Waals surface area contributed by atoms with Gasteiger partial charge in [0, 0.05) is 25.0 Å². The molecule has 1 aromatic heterocycles. The summed E-state index contributed by atoms with van der Waals surface area (Å²) in [4.78, 5) is 7.74. The molecule has 2 N–H and O–H groups in total. The molecule has 1 aliphatic carbocycles. The summed E-state index contributed by atoms with van der Waals surface area (Å²) < 4.78 is 5.38. The maximum absolute atomic E-state index is 11.0. The van der Waals surface area contributed by atoms with Gasteiger partial charge in [-0.05, 0) is 44.4 Å². The van der Waals surface area contributed by atoms with Crippen molar-refractivity contribution in [2.45, 2.75) is 44.6 Å². The predicted molar refractivity (Wildman–Crippen MR) is 93.3 cm³/mol. The summed E-state index contributed by atoms with van der Waals surface area (Å²) in [5, 5.41) is 20.1. The van der Waals surface area contributed by atoms with E-state index in [-0.39, 0.29) is 0 Å². The number of rotatable bonds is 5. The zero-order valence-electron chi connectivity index (χ0n) is 13.8. The summed E-state index contributed by atoms with van der Waals surface area (Å²) in [5.74, 6) is 0.332. The van der Waals surface area contributed by atoms with Gasteiger partial charge in [-0.15, -0.1) is 0 Å². The molecule has 127 valence electrons. The molecule has 3 rings (SSSR count). The number of hydrogen-bond acceptors (Lipinski definition) is 6. The third-order valence-corrected chi connectivity index (χ3v) is 6.21. The van der Waals surface area contributed by atoms with Crippen molar-refractivity contribution in [3.05, 3.63) is 17.5 Å². The quantitative estimate of drug-likeness (QED) is 0.811. The lowest BCUT2D eigenvalue weighted by Gasteiger charge is -2.35. The van der Waals surface area contributed by atoms with E-state index >= 15 is 0 Å². The van der Waals surface area contributed by atoms with E-state index in [4.69, 9.17) is 10.1 Å². The molecule has 0 atom stereocenters. The van der Waals surface area contributed by atoms with E-state index in [1.807, 2.05) is 19.5 Å². The average Bonchev–Trinajstić information content (AvgIpc) is 3.07. The molecule has 23 heavy (non-hydrogen) atoms. The molecule has 0 amide bonds. The number of nitrogens with one attached hydrogen (secondary N) is 1. The molecule has 1 radical (unpaired) electrons. The number of aliphatic hydroxyl groups is 1. The Morgan fingerprint density at radius 1 is 1.48 bits per heavy atom. The molecule has 2 fully saturated rings. The third kappa shape index (κ3) is 3.75. The molecule has 1 aromatic rings. The summed E-state index contributed by atoms with van der Waals surface area (Å²) >= 11 is 1.61. The van der Waals surface area contributed by atoms with E-state index in [1.54, 1.807) is 11.3 Å². The van der Waals surface area contributed by atoms with Gasteiger partial charge in [-0.25, -0.2) is 4.98 Å². The van der Waals surface area contributed by atoms with Crippen LogP contribution in [0.15, 0.2) is 6.20 Å². The summed E-state index contributed by atoms with van der Waals surface area (Å²) in [6, 6.07) is 0. The van der Waals surface area contributed by atoms with Gasteiger partial charge >= 0.3 is 0 Å². The van der Waals surface area contributed by atoms with Crippen LogP contribution in [0.4, 0.5) is 5.13 Å². The van der Waals surface area contributed by atoms with Crippen molar-refractivity contribution in [3.63, 3.8) is 0 Å². The monoisotopic (exact) mass is 336 g/mol. The molecule has 2 aliphatic rings. The van der Waals surface area contributed by atoms with Crippen molar-refractivity contribution < 1.29 is 9.84 Å². The Morgan fingerprint density at radius 3 is 2.83 bits per heavy atom. The fourth-order valence-corrected chi connectivity index (χ4v) is 4.57. The van der Waals surface area contributed by atoms with E-state index < -0.39 is 5.60 Å². The standard InChI is InChI=1S/C17H26N3O2S/c1-2-3-14(18)13-4-6-17(21,7-5-13)15-12-19-16(23-15)20-8-10-22-11-9-20/h2,12-13,18,21H,3-11H2,1H3. The highest BCUT2D eigenvalue weighted by atomic mass is 32.1. The number of thiazole rings is 1. The second-order valence-electron chi connectivity index (χ2n) is 6.55. The molecule has 0 spiro atoms. The first-order chi connectivity index (χ1) is 11.1. The van der Waals surface area contributed by atoms with Crippen LogP contribution in [0.1, 0.15) is 43.9 Å². The van der Waals surface area contributed by atoms with Crippen molar-refractivity contribution in [2.24, 2.45) is 5.92 Å². The van der Waals surface area contributed by atoms with Crippen molar-refractivity contribution in [1.29, 1.82) is 5.41 Å². The highest BCUT2D eigenvalue weighted by Gasteiger charge is 2.37. The maximum Gasteiger partial charge on any atom is 0.185 e. The van der Waals surface area contributed by atoms with Crippen LogP contribution in [-0.4, -0.2) is 42.1 Å². The molecular formula is C17H26N3O2S. The van der Waals surface area contributed by atoms with E-state index in [0.29, 0.717) is 5.92 Å². The molecule has 5 nitrogen and oxygen atoms in total. The van der Waals surface area contributed by atoms with Crippen LogP contribution in [0.2, 0.25) is 0 Å². The van der Waals surface area contributed by atoms with Gasteiger partial charge in [0.25, 0.3) is 0 Å². The molecule has 1 saturated carbocycles. The predicted octanol–water partition coefficient (Wildman–Crippen LogP) is 2.99. The molecule has 0 unspecified atom stereocenters. The fourth-order valence-electron chi connectivity index (χ4n) is 3.46. The summed E-state index contributed by atoms with van der Waals surface area (Å²) in [7, 11) is 0. The van der Waals surface area contributed by atoms with E-state index in [9.17, 15) is 5.11 Å². The minimum atomic E-state index is -0.755. The van der Waals surface area contributed by atoms with Crippen molar-refractivity contribution in [3.8, 4) is 0 Å². The SMILES string of the molecule is C[CH]CC(=N)C1CCC(O)(c2cnc(N3CCOCC3)s2)CC1. The fraction of sp³-hybridized carbons (Fsp3) is 0.706. The van der Waals surface area contributed by atoms with Crippen LogP contribution < -0.4 is 4.90 Å². The number of aromatic nitrogens is 1. The van der Waals surface area contributed by atoms with Gasteiger partial charge in [-0.2, -0.15) is 0 Å². The topological polar surface area (TPSA) is 69.4 Å². The summed E-state index contributed by atoms with van der Waals surface area (Å²) in [5.41, 5.74) is 0.0578. The van der Waals surface area contributed by atoms with Crippen LogP contribution in [0.3, 0.4) is 0 Å². The number of ether oxygens (including phenoxy) is 1. The molecule has 1 aliphatic heterocycles. The van der Waals surface area contributed by atoms with Gasteiger partial charge in [0.15, 0.2) is 5.13 Å². The van der Waals surface area contributed by atoms with Gasteiger partial charge in [-0.3, -0.25) is 0 Å². The van der Waals surface area contributed by atoms with Gasteiger partial charge in [-0.1, -0.05) is 18.3 Å². The minimum Gasteiger partial charge on any atom is -0.384 e. The van der Waals surface area contributed by atoms with Crippen molar-refractivity contribution >= 4 is 22.2 Å². The summed E-state index contributed by atoms with van der Waals surface area (Å²) in [6.07, 6.45) is 7.91. The number of hydrogen-bond donors (Lipinski definition) is 2. The molecule has 2 heterocycles. The first kappa shape index (κ1) is 16.9. The Balaban J connectivity index is 1.63. The lowest BCUT2D eigenvalue weighted by Crippen LogP contribution is -2.36. The van der Waals surface area contributed by atoms with Crippen LogP contribution in [0.25, 0.3) is 0 Å². The first-order valence-electron chi connectivity index (χ1n) is 8.49. The Hall–Kier alpha value is -0.980. The minimum absolute atomic E-state index is 0.332. The van der Waals surface area contributed by atoms with Crippen molar-refractivity contribution in [2.75, 3.05) is 31.2 Å². The average molecular weight is 336 g/mol.